The first-order valence-electron chi connectivity index (χ1n) is 13.6. The van der Waals surface area contributed by atoms with Crippen molar-refractivity contribution >= 4 is 14.0 Å². The van der Waals surface area contributed by atoms with Crippen LogP contribution in [0.25, 0.3) is 11.1 Å². The van der Waals surface area contributed by atoms with Crippen molar-refractivity contribution in [3.05, 3.63) is 125 Å². The predicted molar refractivity (Wildman–Crippen MR) is 161 cm³/mol. The molecule has 4 aromatic rings. The fourth-order valence-corrected chi connectivity index (χ4v) is 5.47. The van der Waals surface area contributed by atoms with Crippen LogP contribution in [0.4, 0.5) is 4.39 Å². The summed E-state index contributed by atoms with van der Waals surface area (Å²) in [6.07, 6.45) is -2.08. The average Bonchev–Trinajstić information content (AvgIpc) is 2.96. The Bertz CT molecular complexity index is 1540. The van der Waals surface area contributed by atoms with E-state index in [1.807, 2.05) is 56.3 Å². The molecule has 3 aromatic carbocycles. The molecule has 6 nitrogen and oxygen atoms in total. The van der Waals surface area contributed by atoms with Gasteiger partial charge in [0.1, 0.15) is 11.9 Å². The smallest absolute Gasteiger partial charge is 0.481 e. The molecule has 1 heterocycles. The topological polar surface area (TPSA) is 96.7 Å². The fraction of sp³-hybridized carbons (Fsp3) is 0.235. The number of aliphatic hydroxyl groups is 1. The minimum atomic E-state index is -2.29. The van der Waals surface area contributed by atoms with E-state index in [2.05, 4.69) is 36.1 Å². The lowest BCUT2D eigenvalue weighted by atomic mass is 9.85. The van der Waals surface area contributed by atoms with E-state index in [4.69, 9.17) is 14.6 Å². The van der Waals surface area contributed by atoms with Crippen molar-refractivity contribution < 1.29 is 28.5 Å². The largest absolute Gasteiger partial charge is 0.511 e. The van der Waals surface area contributed by atoms with Gasteiger partial charge in [-0.1, -0.05) is 98.5 Å². The monoisotopic (exact) mass is 584 g/mol. The number of carbonyl (C=O) groups is 1. The van der Waals surface area contributed by atoms with Crippen LogP contribution in [0.1, 0.15) is 60.2 Å². The third-order valence-corrected chi connectivity index (χ3v) is 7.73. The van der Waals surface area contributed by atoms with Gasteiger partial charge in [0.25, 0.3) is 0 Å². The van der Waals surface area contributed by atoms with Crippen LogP contribution >= 0.6 is 8.03 Å². The summed E-state index contributed by atoms with van der Waals surface area (Å²) in [5.41, 5.74) is 5.97. The van der Waals surface area contributed by atoms with E-state index in [1.165, 1.54) is 12.1 Å². The third-order valence-electron chi connectivity index (χ3n) is 6.60. The van der Waals surface area contributed by atoms with Crippen LogP contribution in [0.3, 0.4) is 0 Å². The quantitative estimate of drug-likeness (QED) is 0.144. The number of hydrogen-bond acceptors (Lipinski definition) is 5. The van der Waals surface area contributed by atoms with Gasteiger partial charge in [-0.15, -0.1) is 4.52 Å². The van der Waals surface area contributed by atoms with Crippen LogP contribution in [0.15, 0.2) is 91.0 Å². The van der Waals surface area contributed by atoms with Gasteiger partial charge in [-0.3, -0.25) is 9.78 Å². The Morgan fingerprint density at radius 3 is 2.12 bits per heavy atom. The molecule has 2 unspecified atom stereocenters. The van der Waals surface area contributed by atoms with Gasteiger partial charge in [-0.05, 0) is 45.4 Å². The molecule has 0 spiro atoms. The Morgan fingerprint density at radius 1 is 0.976 bits per heavy atom. The number of rotatable bonds is 11. The van der Waals surface area contributed by atoms with E-state index < -0.39 is 26.5 Å². The van der Waals surface area contributed by atoms with Gasteiger partial charge in [0.05, 0.1) is 29.3 Å². The number of carboxylic acids is 1. The molecule has 0 aliphatic carbocycles. The van der Waals surface area contributed by atoms with Gasteiger partial charge in [0.2, 0.25) is 6.16 Å². The summed E-state index contributed by atoms with van der Waals surface area (Å²) in [4.78, 5) is 15.9. The van der Waals surface area contributed by atoms with Gasteiger partial charge in [-0.25, -0.2) is 4.39 Å². The van der Waals surface area contributed by atoms with E-state index in [0.29, 0.717) is 5.56 Å². The minimum Gasteiger partial charge on any atom is -0.481 e. The summed E-state index contributed by atoms with van der Waals surface area (Å²) < 4.78 is 31.4. The molecule has 42 heavy (non-hydrogen) atoms. The highest BCUT2D eigenvalue weighted by molar-refractivity contribution is 7.39. The van der Waals surface area contributed by atoms with E-state index in [1.54, 1.807) is 12.1 Å². The molecular weight excluding hydrogens is 552 g/mol. The number of pyridine rings is 1. The highest BCUT2D eigenvalue weighted by Gasteiger charge is 2.26. The molecule has 0 fully saturated rings. The molecule has 0 bridgehead atoms. The molecule has 0 amide bonds. The molecule has 214 valence electrons. The van der Waals surface area contributed by atoms with Crippen LogP contribution in [-0.2, 0) is 13.9 Å². The summed E-state index contributed by atoms with van der Waals surface area (Å²) in [6.45, 7) is 3.87. The second kappa shape index (κ2) is 14.6. The zero-order valence-electron chi connectivity index (χ0n) is 23.4. The van der Waals surface area contributed by atoms with E-state index >= 15 is 0 Å². The van der Waals surface area contributed by atoms with Crippen molar-refractivity contribution in [1.29, 1.82) is 0 Å². The summed E-state index contributed by atoms with van der Waals surface area (Å²) in [5, 5.41) is 18.5. The summed E-state index contributed by atoms with van der Waals surface area (Å²) in [5.74, 6) is 4.36. The van der Waals surface area contributed by atoms with Crippen LogP contribution < -0.4 is 0 Å². The Hall–Kier alpha value is -4.21. The van der Waals surface area contributed by atoms with Crippen LogP contribution in [0.2, 0.25) is 0 Å². The summed E-state index contributed by atoms with van der Waals surface area (Å²) >= 11 is 0. The number of carboxylic acid groups (broad SMARTS) is 1. The molecule has 0 radical (unpaired) electrons. The van der Waals surface area contributed by atoms with Crippen molar-refractivity contribution in [2.75, 3.05) is 12.8 Å². The number of aliphatic carboxylic acids is 1. The lowest BCUT2D eigenvalue weighted by molar-refractivity contribution is -0.138. The number of benzene rings is 3. The highest BCUT2D eigenvalue weighted by Crippen LogP contribution is 2.37. The average molecular weight is 585 g/mol. The maximum atomic E-state index is 13.9. The highest BCUT2D eigenvalue weighted by atomic mass is 31.1. The Morgan fingerprint density at radius 2 is 1.57 bits per heavy atom. The van der Waals surface area contributed by atoms with Crippen LogP contribution in [-0.4, -0.2) is 40.0 Å². The van der Waals surface area contributed by atoms with Crippen molar-refractivity contribution in [2.45, 2.75) is 38.2 Å². The summed E-state index contributed by atoms with van der Waals surface area (Å²) in [6, 6.07) is 28.5. The van der Waals surface area contributed by atoms with Crippen molar-refractivity contribution in [3.8, 4) is 23.0 Å². The van der Waals surface area contributed by atoms with E-state index in [9.17, 15) is 18.9 Å². The molecule has 0 aliphatic rings. The maximum absolute atomic E-state index is 13.9. The van der Waals surface area contributed by atoms with Crippen molar-refractivity contribution in [3.63, 3.8) is 0 Å². The zero-order valence-corrected chi connectivity index (χ0v) is 24.3. The molecule has 2 N–H and O–H groups in total. The van der Waals surface area contributed by atoms with Gasteiger partial charge < -0.3 is 10.2 Å². The molecule has 2 atom stereocenters. The van der Waals surface area contributed by atoms with Crippen molar-refractivity contribution in [1.82, 2.24) is 4.98 Å². The number of hydrogen-bond donors (Lipinski definition) is 2. The van der Waals surface area contributed by atoms with Crippen LogP contribution in [0, 0.1) is 17.7 Å². The zero-order chi connectivity index (χ0) is 30.1. The number of aliphatic hydroxyl groups excluding tert-OH is 1. The first-order chi connectivity index (χ1) is 20.2. The lowest BCUT2D eigenvalue weighted by Gasteiger charge is -2.22. The first-order valence-corrected chi connectivity index (χ1v) is 15.0. The second-order valence-electron chi connectivity index (χ2n) is 10.1. The SMILES string of the molecule is CC(C)c1nc(C(c2ccccc2)c2ccccc2)cc(-c2ccc(F)cc2)c1C#CCO[P+](=O)CC(O)CC(=O)O. The Balaban J connectivity index is 1.78. The molecule has 0 saturated carbocycles. The molecule has 1 aromatic heterocycles. The Labute approximate surface area is 246 Å². The Kier molecular flexibility index (Phi) is 10.7. The van der Waals surface area contributed by atoms with Crippen LogP contribution in [0.5, 0.6) is 0 Å². The molecule has 8 heteroatoms. The second-order valence-corrected chi connectivity index (χ2v) is 11.4. The van der Waals surface area contributed by atoms with Gasteiger partial charge in [0.15, 0.2) is 6.61 Å². The van der Waals surface area contributed by atoms with Gasteiger partial charge >= 0.3 is 14.0 Å². The van der Waals surface area contributed by atoms with E-state index in [0.717, 1.165) is 33.6 Å². The molecular formula is C34H32FNO5P+. The molecule has 4 rings (SSSR count). The maximum Gasteiger partial charge on any atom is 0.511 e. The van der Waals surface area contributed by atoms with E-state index in [-0.39, 0.29) is 30.4 Å². The third kappa shape index (κ3) is 8.18. The predicted octanol–water partition coefficient (Wildman–Crippen LogP) is 7.14. The van der Waals surface area contributed by atoms with Gasteiger partial charge in [-0.2, -0.15) is 0 Å². The first kappa shape index (κ1) is 30.7. The fourth-order valence-electron chi connectivity index (χ4n) is 4.68. The minimum absolute atomic E-state index is 0.00985. The number of halogens is 1. The summed E-state index contributed by atoms with van der Waals surface area (Å²) in [7, 11) is -2.29. The molecule has 0 saturated heterocycles. The number of aromatic nitrogens is 1. The lowest BCUT2D eigenvalue weighted by Crippen LogP contribution is -2.15. The standard InChI is InChI=1S/C34H31FNO5P/c1-23(2)34-29(14-9-19-41-42(40)22-28(37)20-32(38)39)30(24-15-17-27(35)18-16-24)21-31(36-34)33(25-10-5-3-6-11-25)26-12-7-4-8-13-26/h3-8,10-13,15-18,21,23,28,33,37H,19-20,22H2,1-2H3/p+1. The van der Waals surface area contributed by atoms with Gasteiger partial charge in [0, 0.05) is 5.56 Å². The molecule has 0 aliphatic heterocycles. The van der Waals surface area contributed by atoms with Crippen molar-refractivity contribution in [2.24, 2.45) is 0 Å². The number of nitrogens with zero attached hydrogens (tertiary/aromatic N) is 1. The normalized spacial score (nSPS) is 12.1.